The lowest BCUT2D eigenvalue weighted by atomic mass is 10.1. The third-order valence-electron chi connectivity index (χ3n) is 5.90. The van der Waals surface area contributed by atoms with E-state index in [0.29, 0.717) is 5.39 Å². The lowest BCUT2D eigenvalue weighted by molar-refractivity contribution is 0.480. The molecule has 0 bridgehead atoms. The quantitative estimate of drug-likeness (QED) is 0.125. The average molecular weight is 603 g/mol. The van der Waals surface area contributed by atoms with Crippen LogP contribution in [0.1, 0.15) is 11.1 Å². The topological polar surface area (TPSA) is 220 Å². The SMILES string of the molecule is Nc1ccc(/C=C\c2ccc(-n3nc4cc(S(=O)(=O)O)c5ccccc5c4n3)cc2S(=O)(=O)O)c(S(=O)(=O)O)c1. The molecule has 5 aromatic rings. The van der Waals surface area contributed by atoms with E-state index in [1.165, 1.54) is 42.5 Å². The minimum Gasteiger partial charge on any atom is -0.399 e. The molecule has 0 radical (unpaired) electrons. The molecule has 0 unspecified atom stereocenters. The number of nitrogen functional groups attached to an aromatic ring is 1. The molecule has 5 rings (SSSR count). The summed E-state index contributed by atoms with van der Waals surface area (Å²) in [5.74, 6) is 0. The Kier molecular flexibility index (Phi) is 6.48. The maximum Gasteiger partial charge on any atom is 0.295 e. The van der Waals surface area contributed by atoms with Gasteiger partial charge in [-0.25, -0.2) is 0 Å². The lowest BCUT2D eigenvalue weighted by Gasteiger charge is -2.07. The van der Waals surface area contributed by atoms with E-state index in [1.807, 2.05) is 0 Å². The predicted octanol–water partition coefficient (Wildman–Crippen LogP) is 3.07. The second-order valence-electron chi connectivity index (χ2n) is 8.56. The van der Waals surface area contributed by atoms with Gasteiger partial charge in [0.15, 0.2) is 0 Å². The van der Waals surface area contributed by atoms with Crippen LogP contribution in [0.3, 0.4) is 0 Å². The van der Waals surface area contributed by atoms with Gasteiger partial charge in [-0.15, -0.1) is 10.2 Å². The zero-order chi connectivity index (χ0) is 29.0. The van der Waals surface area contributed by atoms with Crippen LogP contribution in [0.25, 0.3) is 39.6 Å². The number of nitrogens with zero attached hydrogens (tertiary/aromatic N) is 3. The molecule has 0 aliphatic heterocycles. The molecule has 4 aromatic carbocycles. The van der Waals surface area contributed by atoms with Crippen molar-refractivity contribution < 1.29 is 38.9 Å². The normalized spacial score (nSPS) is 13.0. The summed E-state index contributed by atoms with van der Waals surface area (Å²) in [6.45, 7) is 0. The van der Waals surface area contributed by atoms with Crippen molar-refractivity contribution in [2.45, 2.75) is 14.7 Å². The Morgan fingerprint density at radius 2 is 1.20 bits per heavy atom. The molecular formula is C24H18N4O9S3. The third-order valence-corrected chi connectivity index (χ3v) is 8.61. The van der Waals surface area contributed by atoms with Gasteiger partial charge in [-0.2, -0.15) is 30.0 Å². The highest BCUT2D eigenvalue weighted by Gasteiger charge is 2.21. The Balaban J connectivity index is 1.65. The fourth-order valence-electron chi connectivity index (χ4n) is 4.14. The molecule has 0 aliphatic carbocycles. The lowest BCUT2D eigenvalue weighted by Crippen LogP contribution is -2.05. The fraction of sp³-hybridized carbons (Fsp3) is 0. The first-order chi connectivity index (χ1) is 18.6. The Morgan fingerprint density at radius 3 is 1.80 bits per heavy atom. The van der Waals surface area contributed by atoms with Crippen LogP contribution in [-0.2, 0) is 30.4 Å². The zero-order valence-corrected chi connectivity index (χ0v) is 22.4. The summed E-state index contributed by atoms with van der Waals surface area (Å²) in [5.41, 5.74) is 6.07. The minimum absolute atomic E-state index is 0.00331. The number of rotatable bonds is 6. The average Bonchev–Trinajstić information content (AvgIpc) is 3.30. The van der Waals surface area contributed by atoms with E-state index >= 15 is 0 Å². The number of benzene rings is 4. The van der Waals surface area contributed by atoms with Gasteiger partial charge in [0.2, 0.25) is 0 Å². The van der Waals surface area contributed by atoms with Gasteiger partial charge in [-0.3, -0.25) is 13.7 Å². The number of hydrogen-bond donors (Lipinski definition) is 4. The second-order valence-corrected chi connectivity index (χ2v) is 12.7. The maximum atomic E-state index is 12.2. The highest BCUT2D eigenvalue weighted by molar-refractivity contribution is 7.86. The molecule has 0 aliphatic rings. The number of anilines is 1. The smallest absolute Gasteiger partial charge is 0.295 e. The van der Waals surface area contributed by atoms with Crippen LogP contribution in [-0.4, -0.2) is 53.9 Å². The van der Waals surface area contributed by atoms with E-state index in [4.69, 9.17) is 5.73 Å². The van der Waals surface area contributed by atoms with Crippen LogP contribution in [0.4, 0.5) is 5.69 Å². The van der Waals surface area contributed by atoms with Gasteiger partial charge in [0.25, 0.3) is 30.4 Å². The van der Waals surface area contributed by atoms with Gasteiger partial charge >= 0.3 is 0 Å². The van der Waals surface area contributed by atoms with E-state index < -0.39 is 40.1 Å². The summed E-state index contributed by atoms with van der Waals surface area (Å²) in [6, 6.07) is 14.9. The van der Waals surface area contributed by atoms with Crippen LogP contribution < -0.4 is 5.73 Å². The first-order valence-electron chi connectivity index (χ1n) is 11.1. The number of hydrogen-bond acceptors (Lipinski definition) is 9. The highest BCUT2D eigenvalue weighted by atomic mass is 32.2. The predicted molar refractivity (Wildman–Crippen MR) is 146 cm³/mol. The Bertz CT molecular complexity index is 2210. The molecule has 0 saturated carbocycles. The van der Waals surface area contributed by atoms with Crippen LogP contribution in [0.5, 0.6) is 0 Å². The second kappa shape index (κ2) is 9.47. The van der Waals surface area contributed by atoms with Crippen molar-refractivity contribution in [3.63, 3.8) is 0 Å². The summed E-state index contributed by atoms with van der Waals surface area (Å²) in [6.07, 6.45) is 2.43. The summed E-state index contributed by atoms with van der Waals surface area (Å²) in [4.78, 5) is -0.426. The maximum absolute atomic E-state index is 12.2. The van der Waals surface area contributed by atoms with Crippen LogP contribution in [0.15, 0.2) is 81.4 Å². The monoisotopic (exact) mass is 602 g/mol. The van der Waals surface area contributed by atoms with Crippen LogP contribution in [0.2, 0.25) is 0 Å². The van der Waals surface area contributed by atoms with E-state index in [0.717, 1.165) is 23.0 Å². The minimum atomic E-state index is -4.82. The third kappa shape index (κ3) is 5.18. The summed E-state index contributed by atoms with van der Waals surface area (Å²) < 4.78 is 101. The molecule has 0 fully saturated rings. The van der Waals surface area contributed by atoms with Crippen molar-refractivity contribution in [3.05, 3.63) is 77.9 Å². The van der Waals surface area contributed by atoms with Gasteiger partial charge < -0.3 is 5.73 Å². The molecule has 1 heterocycles. The Morgan fingerprint density at radius 1 is 0.650 bits per heavy atom. The molecular weight excluding hydrogens is 584 g/mol. The number of aromatic nitrogens is 3. The standard InChI is InChI=1S/C24H18N4O9S3/c25-16-9-7-14(21(11-16)38(29,30)31)5-6-15-8-10-17(12-22(15)39(32,33)34)28-26-20-13-23(40(35,36)37)18-3-1-2-4-19(18)24(20)27-28/h1-13H,25H2,(H,29,30,31)(H,32,33,34)(H,35,36,37)/b6-5-. The zero-order valence-electron chi connectivity index (χ0n) is 19.9. The van der Waals surface area contributed by atoms with Crippen LogP contribution in [0, 0.1) is 0 Å². The van der Waals surface area contributed by atoms with Crippen molar-refractivity contribution in [1.82, 2.24) is 15.0 Å². The molecule has 0 spiro atoms. The summed E-state index contributed by atoms with van der Waals surface area (Å²) in [7, 11) is -14.1. The van der Waals surface area contributed by atoms with Gasteiger partial charge in [0.1, 0.15) is 25.7 Å². The van der Waals surface area contributed by atoms with E-state index in [9.17, 15) is 38.9 Å². The van der Waals surface area contributed by atoms with Crippen molar-refractivity contribution in [3.8, 4) is 5.69 Å². The molecule has 1 aromatic heterocycles. The van der Waals surface area contributed by atoms with E-state index in [1.54, 1.807) is 18.2 Å². The molecule has 0 saturated heterocycles. The molecule has 206 valence electrons. The first kappa shape index (κ1) is 27.4. The van der Waals surface area contributed by atoms with Crippen molar-refractivity contribution in [1.29, 1.82) is 0 Å². The van der Waals surface area contributed by atoms with E-state index in [2.05, 4.69) is 10.2 Å². The highest BCUT2D eigenvalue weighted by Crippen LogP contribution is 2.31. The first-order valence-corrected chi connectivity index (χ1v) is 15.4. The number of fused-ring (bicyclic) bond motifs is 3. The van der Waals surface area contributed by atoms with Gasteiger partial charge in [-0.05, 0) is 41.5 Å². The molecule has 13 nitrogen and oxygen atoms in total. The summed E-state index contributed by atoms with van der Waals surface area (Å²) >= 11 is 0. The summed E-state index contributed by atoms with van der Waals surface area (Å²) in [5, 5.41) is 9.16. The van der Waals surface area contributed by atoms with Crippen molar-refractivity contribution in [2.24, 2.45) is 0 Å². The molecule has 0 atom stereocenters. The number of nitrogens with two attached hydrogens (primary N) is 1. The van der Waals surface area contributed by atoms with E-state index in [-0.39, 0.29) is 43.8 Å². The molecule has 5 N–H and O–H groups in total. The van der Waals surface area contributed by atoms with Gasteiger partial charge in [0, 0.05) is 16.5 Å². The van der Waals surface area contributed by atoms with Crippen molar-refractivity contribution >= 4 is 70.0 Å². The van der Waals surface area contributed by atoms with Gasteiger partial charge in [-0.1, -0.05) is 48.6 Å². The van der Waals surface area contributed by atoms with Crippen molar-refractivity contribution in [2.75, 3.05) is 5.73 Å². The van der Waals surface area contributed by atoms with Gasteiger partial charge in [0.05, 0.1) is 5.69 Å². The largest absolute Gasteiger partial charge is 0.399 e. The molecule has 40 heavy (non-hydrogen) atoms. The molecule has 0 amide bonds. The molecule has 16 heteroatoms. The van der Waals surface area contributed by atoms with Crippen LogP contribution >= 0.6 is 0 Å². The fourth-order valence-corrected chi connectivity index (χ4v) is 6.28. The Hall–Kier alpha value is -4.19. The Labute approximate surface area is 227 Å².